The van der Waals surface area contributed by atoms with E-state index in [2.05, 4.69) is 10.3 Å². The Morgan fingerprint density at radius 1 is 1.25 bits per heavy atom. The maximum absolute atomic E-state index is 12.7. The molecule has 2 heterocycles. The van der Waals surface area contributed by atoms with Crippen molar-refractivity contribution in [3.05, 3.63) is 29.6 Å². The molecular weight excluding hydrogens is 374 g/mol. The van der Waals surface area contributed by atoms with Crippen LogP contribution in [0, 0.1) is 11.8 Å². The minimum atomic E-state index is -0.167. The molecule has 1 N–H and O–H groups in total. The second kappa shape index (κ2) is 8.31. The van der Waals surface area contributed by atoms with E-state index in [4.69, 9.17) is 4.74 Å². The van der Waals surface area contributed by atoms with E-state index in [1.165, 1.54) is 11.3 Å². The number of hydrogen-bond acceptors (Lipinski definition) is 5. The molecular formula is C21H25N3O3S. The number of aromatic nitrogens is 1. The summed E-state index contributed by atoms with van der Waals surface area (Å²) in [4.78, 5) is 31.5. The van der Waals surface area contributed by atoms with Gasteiger partial charge in [-0.15, -0.1) is 11.3 Å². The molecule has 6 nitrogen and oxygen atoms in total. The lowest BCUT2D eigenvalue weighted by molar-refractivity contribution is -0.135. The number of para-hydroxylation sites is 1. The van der Waals surface area contributed by atoms with Gasteiger partial charge in [-0.25, -0.2) is 4.98 Å². The molecule has 0 spiro atoms. The lowest BCUT2D eigenvalue weighted by Crippen LogP contribution is -2.44. The van der Waals surface area contributed by atoms with Crippen molar-refractivity contribution in [3.63, 3.8) is 0 Å². The summed E-state index contributed by atoms with van der Waals surface area (Å²) >= 11 is 1.41. The van der Waals surface area contributed by atoms with Crippen molar-refractivity contribution in [2.24, 2.45) is 11.8 Å². The Morgan fingerprint density at radius 2 is 2.07 bits per heavy atom. The van der Waals surface area contributed by atoms with E-state index >= 15 is 0 Å². The topological polar surface area (TPSA) is 71.5 Å². The van der Waals surface area contributed by atoms with Crippen molar-refractivity contribution in [3.8, 4) is 17.0 Å². The average molecular weight is 400 g/mol. The number of thiazole rings is 1. The molecule has 1 aromatic carbocycles. The summed E-state index contributed by atoms with van der Waals surface area (Å²) in [6, 6.07) is 7.77. The minimum absolute atomic E-state index is 0.0488. The number of hydrogen-bond donors (Lipinski definition) is 1. The molecule has 1 aliphatic heterocycles. The first-order chi connectivity index (χ1) is 13.7. The lowest BCUT2D eigenvalue weighted by atomic mass is 9.97. The Kier molecular flexibility index (Phi) is 5.62. The number of benzene rings is 1. The van der Waals surface area contributed by atoms with Gasteiger partial charge < -0.3 is 15.0 Å². The average Bonchev–Trinajstić information content (AvgIpc) is 3.47. The quantitative estimate of drug-likeness (QED) is 0.802. The summed E-state index contributed by atoms with van der Waals surface area (Å²) in [6.45, 7) is 3.83. The summed E-state index contributed by atoms with van der Waals surface area (Å²) < 4.78 is 5.68. The van der Waals surface area contributed by atoms with Crippen LogP contribution in [-0.2, 0) is 9.59 Å². The van der Waals surface area contributed by atoms with Gasteiger partial charge in [0.05, 0.1) is 18.2 Å². The molecule has 1 saturated carbocycles. The maximum atomic E-state index is 12.7. The van der Waals surface area contributed by atoms with Crippen LogP contribution in [0.1, 0.15) is 32.6 Å². The smallest absolute Gasteiger partial charge is 0.231 e. The highest BCUT2D eigenvalue weighted by atomic mass is 32.1. The second-order valence-electron chi connectivity index (χ2n) is 7.35. The van der Waals surface area contributed by atoms with Crippen LogP contribution >= 0.6 is 11.3 Å². The Labute approximate surface area is 168 Å². The summed E-state index contributed by atoms with van der Waals surface area (Å²) in [5, 5.41) is 5.46. The Hall–Kier alpha value is -2.41. The Balaban J connectivity index is 1.41. The standard InChI is InChI=1S/C21H25N3O3S/c1-2-27-18-8-4-3-7-16(18)17-13-28-21(22-17)23-19(25)15-6-5-11-24(12-15)20(26)14-9-10-14/h3-4,7-8,13-15H,2,5-6,9-12H2,1H3,(H,22,23,25). The molecule has 1 atom stereocenters. The van der Waals surface area contributed by atoms with Crippen LogP contribution in [-0.4, -0.2) is 41.4 Å². The van der Waals surface area contributed by atoms with Crippen molar-refractivity contribution >= 4 is 28.3 Å². The summed E-state index contributed by atoms with van der Waals surface area (Å²) in [7, 11) is 0. The molecule has 2 aliphatic rings. The third-order valence-corrected chi connectivity index (χ3v) is 5.99. The zero-order valence-electron chi connectivity index (χ0n) is 16.0. The molecule has 1 aliphatic carbocycles. The van der Waals surface area contributed by atoms with Crippen LogP contribution < -0.4 is 10.1 Å². The van der Waals surface area contributed by atoms with Gasteiger partial charge in [0.25, 0.3) is 0 Å². The zero-order chi connectivity index (χ0) is 19.5. The summed E-state index contributed by atoms with van der Waals surface area (Å²) in [5.74, 6) is 0.997. The van der Waals surface area contributed by atoms with E-state index in [0.29, 0.717) is 18.3 Å². The Bertz CT molecular complexity index is 862. The van der Waals surface area contributed by atoms with Crippen molar-refractivity contribution in [1.82, 2.24) is 9.88 Å². The van der Waals surface area contributed by atoms with Crippen molar-refractivity contribution in [2.45, 2.75) is 32.6 Å². The van der Waals surface area contributed by atoms with Gasteiger partial charge in [-0.1, -0.05) is 12.1 Å². The minimum Gasteiger partial charge on any atom is -0.493 e. The highest BCUT2D eigenvalue weighted by Crippen LogP contribution is 2.34. The number of carbonyl (C=O) groups is 2. The molecule has 2 aromatic rings. The fourth-order valence-corrected chi connectivity index (χ4v) is 4.32. The number of nitrogens with zero attached hydrogens (tertiary/aromatic N) is 2. The van der Waals surface area contributed by atoms with Gasteiger partial charge in [-0.3, -0.25) is 9.59 Å². The first-order valence-corrected chi connectivity index (χ1v) is 10.8. The maximum Gasteiger partial charge on any atom is 0.231 e. The van der Waals surface area contributed by atoms with E-state index in [-0.39, 0.29) is 23.7 Å². The van der Waals surface area contributed by atoms with Crippen molar-refractivity contribution < 1.29 is 14.3 Å². The van der Waals surface area contributed by atoms with Crippen LogP contribution in [0.25, 0.3) is 11.3 Å². The van der Waals surface area contributed by atoms with Crippen LogP contribution in [0.3, 0.4) is 0 Å². The molecule has 1 aromatic heterocycles. The van der Waals surface area contributed by atoms with Crippen LogP contribution in [0.2, 0.25) is 0 Å². The summed E-state index contributed by atoms with van der Waals surface area (Å²) in [6.07, 6.45) is 3.68. The second-order valence-corrected chi connectivity index (χ2v) is 8.21. The van der Waals surface area contributed by atoms with Gasteiger partial charge in [0.15, 0.2) is 5.13 Å². The highest BCUT2D eigenvalue weighted by molar-refractivity contribution is 7.14. The number of anilines is 1. The molecule has 2 amide bonds. The molecule has 1 unspecified atom stereocenters. The lowest BCUT2D eigenvalue weighted by Gasteiger charge is -2.32. The molecule has 2 fully saturated rings. The SMILES string of the molecule is CCOc1ccccc1-c1csc(NC(=O)C2CCCN(C(=O)C3CC3)C2)n1. The molecule has 0 bridgehead atoms. The number of amides is 2. The largest absolute Gasteiger partial charge is 0.493 e. The van der Waals surface area contributed by atoms with Crippen LogP contribution in [0.4, 0.5) is 5.13 Å². The van der Waals surface area contributed by atoms with Crippen LogP contribution in [0.5, 0.6) is 5.75 Å². The third kappa shape index (κ3) is 4.19. The highest BCUT2D eigenvalue weighted by Gasteiger charge is 2.36. The van der Waals surface area contributed by atoms with E-state index in [9.17, 15) is 9.59 Å². The van der Waals surface area contributed by atoms with Crippen molar-refractivity contribution in [2.75, 3.05) is 25.0 Å². The van der Waals surface area contributed by atoms with E-state index < -0.39 is 0 Å². The van der Waals surface area contributed by atoms with Gasteiger partial charge >= 0.3 is 0 Å². The fourth-order valence-electron chi connectivity index (χ4n) is 3.60. The number of piperidine rings is 1. The normalized spacial score (nSPS) is 19.3. The number of carbonyl (C=O) groups excluding carboxylic acids is 2. The predicted molar refractivity (Wildman–Crippen MR) is 109 cm³/mol. The van der Waals surface area contributed by atoms with Gasteiger partial charge in [0.1, 0.15) is 5.75 Å². The van der Waals surface area contributed by atoms with Gasteiger partial charge in [-0.05, 0) is 44.7 Å². The van der Waals surface area contributed by atoms with Crippen molar-refractivity contribution in [1.29, 1.82) is 0 Å². The molecule has 0 radical (unpaired) electrons. The van der Waals surface area contributed by atoms with Gasteiger partial charge in [0.2, 0.25) is 11.8 Å². The van der Waals surface area contributed by atoms with E-state index in [0.717, 1.165) is 49.2 Å². The zero-order valence-corrected chi connectivity index (χ0v) is 16.8. The molecule has 7 heteroatoms. The van der Waals surface area contributed by atoms with Gasteiger partial charge in [0, 0.05) is 30.0 Å². The molecule has 148 valence electrons. The first-order valence-electron chi connectivity index (χ1n) is 9.93. The van der Waals surface area contributed by atoms with E-state index in [1.807, 2.05) is 41.5 Å². The number of ether oxygens (including phenoxy) is 1. The van der Waals surface area contributed by atoms with Crippen LogP contribution in [0.15, 0.2) is 29.6 Å². The molecule has 1 saturated heterocycles. The van der Waals surface area contributed by atoms with E-state index in [1.54, 1.807) is 0 Å². The molecule has 28 heavy (non-hydrogen) atoms. The number of likely N-dealkylation sites (tertiary alicyclic amines) is 1. The third-order valence-electron chi connectivity index (χ3n) is 5.23. The first kappa shape index (κ1) is 18.9. The number of rotatable bonds is 6. The fraction of sp³-hybridized carbons (Fsp3) is 0.476. The predicted octanol–water partition coefficient (Wildman–Crippen LogP) is 3.80. The number of nitrogens with one attached hydrogen (secondary N) is 1. The Morgan fingerprint density at radius 3 is 2.86 bits per heavy atom. The monoisotopic (exact) mass is 399 g/mol. The van der Waals surface area contributed by atoms with Gasteiger partial charge in [-0.2, -0.15) is 0 Å². The summed E-state index contributed by atoms with van der Waals surface area (Å²) in [5.41, 5.74) is 1.71. The molecule has 4 rings (SSSR count).